The van der Waals surface area contributed by atoms with Crippen LogP contribution in [0.15, 0.2) is 77.2 Å². The molecule has 0 aliphatic heterocycles. The topological polar surface area (TPSA) is 65.2 Å². The molecule has 0 spiro atoms. The molecule has 0 saturated carbocycles. The first kappa shape index (κ1) is 16.0. The van der Waals surface area contributed by atoms with Crippen molar-refractivity contribution in [2.24, 2.45) is 0 Å². The minimum Gasteiger partial charge on any atom is -0.449 e. The van der Waals surface area contributed by atoms with E-state index in [2.05, 4.69) is 10.2 Å². The quantitative estimate of drug-likeness (QED) is 0.497. The summed E-state index contributed by atoms with van der Waals surface area (Å²) in [5.41, 5.74) is 1.30. The zero-order valence-electron chi connectivity index (χ0n) is 14.1. The smallest absolute Gasteiger partial charge is 0.338 e. The Morgan fingerprint density at radius 2 is 1.65 bits per heavy atom. The molecule has 0 aliphatic carbocycles. The highest BCUT2D eigenvalue weighted by Crippen LogP contribution is 2.23. The molecule has 0 saturated heterocycles. The Morgan fingerprint density at radius 1 is 0.923 bits per heavy atom. The second-order valence-electron chi connectivity index (χ2n) is 5.92. The predicted molar refractivity (Wildman–Crippen MR) is 97.5 cm³/mol. The van der Waals surface area contributed by atoms with Crippen LogP contribution in [0, 0.1) is 0 Å². The van der Waals surface area contributed by atoms with Gasteiger partial charge in [0.05, 0.1) is 5.56 Å². The van der Waals surface area contributed by atoms with E-state index in [-0.39, 0.29) is 5.89 Å². The van der Waals surface area contributed by atoms with Gasteiger partial charge in [0, 0.05) is 5.56 Å². The third-order valence-corrected chi connectivity index (χ3v) is 4.08. The van der Waals surface area contributed by atoms with Crippen LogP contribution in [0.5, 0.6) is 0 Å². The fourth-order valence-electron chi connectivity index (χ4n) is 2.69. The van der Waals surface area contributed by atoms with Crippen LogP contribution in [0.1, 0.15) is 29.3 Å². The van der Waals surface area contributed by atoms with Crippen molar-refractivity contribution in [1.29, 1.82) is 0 Å². The summed E-state index contributed by atoms with van der Waals surface area (Å²) >= 11 is 0. The molecule has 0 radical (unpaired) electrons. The fourth-order valence-corrected chi connectivity index (χ4v) is 2.69. The van der Waals surface area contributed by atoms with E-state index in [1.165, 1.54) is 0 Å². The maximum absolute atomic E-state index is 12.4. The molecule has 1 heterocycles. The summed E-state index contributed by atoms with van der Waals surface area (Å²) in [7, 11) is 0. The van der Waals surface area contributed by atoms with Gasteiger partial charge in [0.25, 0.3) is 5.89 Å². The zero-order valence-corrected chi connectivity index (χ0v) is 14.1. The van der Waals surface area contributed by atoms with Crippen LogP contribution in [0.2, 0.25) is 0 Å². The van der Waals surface area contributed by atoms with E-state index in [4.69, 9.17) is 9.15 Å². The summed E-state index contributed by atoms with van der Waals surface area (Å²) in [4.78, 5) is 12.4. The first-order valence-electron chi connectivity index (χ1n) is 8.29. The number of fused-ring (bicyclic) bond motifs is 1. The minimum absolute atomic E-state index is 0.262. The number of nitrogens with zero attached hydrogens (tertiary/aromatic N) is 2. The van der Waals surface area contributed by atoms with E-state index in [1.54, 1.807) is 13.0 Å². The lowest BCUT2D eigenvalue weighted by Crippen LogP contribution is -2.09. The minimum atomic E-state index is -0.640. The fraction of sp³-hybridized carbons (Fsp3) is 0.0952. The third kappa shape index (κ3) is 3.19. The normalized spacial score (nSPS) is 12.0. The van der Waals surface area contributed by atoms with E-state index < -0.39 is 12.1 Å². The Bertz CT molecular complexity index is 1060. The first-order valence-corrected chi connectivity index (χ1v) is 8.29. The van der Waals surface area contributed by atoms with Crippen LogP contribution in [0.4, 0.5) is 0 Å². The Labute approximate surface area is 150 Å². The summed E-state index contributed by atoms with van der Waals surface area (Å²) in [6.07, 6.45) is -0.640. The second kappa shape index (κ2) is 6.80. The van der Waals surface area contributed by atoms with Crippen LogP contribution in [-0.2, 0) is 4.74 Å². The van der Waals surface area contributed by atoms with Gasteiger partial charge in [-0.1, -0.05) is 48.5 Å². The lowest BCUT2D eigenvalue weighted by Gasteiger charge is -2.10. The summed E-state index contributed by atoms with van der Waals surface area (Å²) in [5.74, 6) is 0.231. The number of benzene rings is 3. The van der Waals surface area contributed by atoms with Gasteiger partial charge in [0.2, 0.25) is 5.89 Å². The number of aromatic nitrogens is 2. The number of hydrogen-bond donors (Lipinski definition) is 0. The molecule has 0 amide bonds. The van der Waals surface area contributed by atoms with Crippen molar-refractivity contribution in [3.05, 3.63) is 84.3 Å². The lowest BCUT2D eigenvalue weighted by molar-refractivity contribution is 0.0280. The SMILES string of the molecule is C[C@@H](OC(=O)c1ccc2ccccc2c1)c1nnc(-c2ccccc2)o1. The first-order chi connectivity index (χ1) is 12.7. The Hall–Kier alpha value is -3.47. The number of rotatable bonds is 4. The van der Waals surface area contributed by atoms with Crippen molar-refractivity contribution < 1.29 is 13.9 Å². The largest absolute Gasteiger partial charge is 0.449 e. The van der Waals surface area contributed by atoms with Gasteiger partial charge in [-0.15, -0.1) is 10.2 Å². The summed E-state index contributed by atoms with van der Waals surface area (Å²) in [5, 5.41) is 10.1. The third-order valence-electron chi connectivity index (χ3n) is 4.08. The lowest BCUT2D eigenvalue weighted by atomic mass is 10.1. The Morgan fingerprint density at radius 3 is 2.46 bits per heavy atom. The molecule has 1 aromatic heterocycles. The number of hydrogen-bond acceptors (Lipinski definition) is 5. The van der Waals surface area contributed by atoms with E-state index in [9.17, 15) is 4.79 Å². The highest BCUT2D eigenvalue weighted by molar-refractivity contribution is 5.95. The van der Waals surface area contributed by atoms with Gasteiger partial charge in [-0.3, -0.25) is 0 Å². The Balaban J connectivity index is 1.51. The number of esters is 1. The van der Waals surface area contributed by atoms with E-state index in [1.807, 2.05) is 66.7 Å². The average molecular weight is 344 g/mol. The van der Waals surface area contributed by atoms with Crippen molar-refractivity contribution in [2.75, 3.05) is 0 Å². The number of carbonyl (C=O) groups excluding carboxylic acids is 1. The average Bonchev–Trinajstić information content (AvgIpc) is 3.18. The molecular weight excluding hydrogens is 328 g/mol. The van der Waals surface area contributed by atoms with Gasteiger partial charge in [0.15, 0.2) is 6.10 Å². The van der Waals surface area contributed by atoms with Crippen molar-refractivity contribution in [3.8, 4) is 11.5 Å². The highest BCUT2D eigenvalue weighted by Gasteiger charge is 2.20. The molecule has 0 unspecified atom stereocenters. The Kier molecular flexibility index (Phi) is 4.19. The zero-order chi connectivity index (χ0) is 17.9. The maximum Gasteiger partial charge on any atom is 0.338 e. The molecule has 1 atom stereocenters. The molecule has 5 nitrogen and oxygen atoms in total. The molecule has 26 heavy (non-hydrogen) atoms. The van der Waals surface area contributed by atoms with Crippen LogP contribution < -0.4 is 0 Å². The molecule has 4 rings (SSSR count). The van der Waals surface area contributed by atoms with Gasteiger partial charge in [-0.05, 0) is 42.0 Å². The van der Waals surface area contributed by atoms with Gasteiger partial charge in [0.1, 0.15) is 0 Å². The van der Waals surface area contributed by atoms with Crippen LogP contribution in [0.3, 0.4) is 0 Å². The standard InChI is InChI=1S/C21H16N2O3/c1-14(19-22-23-20(26-19)16-8-3-2-4-9-16)25-21(24)18-12-11-15-7-5-6-10-17(15)13-18/h2-14H,1H3/t14-/m1/s1. The van der Waals surface area contributed by atoms with Gasteiger partial charge >= 0.3 is 5.97 Å². The van der Waals surface area contributed by atoms with Gasteiger partial charge in [-0.2, -0.15) is 0 Å². The van der Waals surface area contributed by atoms with Crippen molar-refractivity contribution in [3.63, 3.8) is 0 Å². The number of carbonyl (C=O) groups is 1. The molecule has 4 aromatic rings. The second-order valence-corrected chi connectivity index (χ2v) is 5.92. The highest BCUT2D eigenvalue weighted by atomic mass is 16.6. The molecule has 0 fully saturated rings. The molecule has 128 valence electrons. The van der Waals surface area contributed by atoms with E-state index in [0.717, 1.165) is 16.3 Å². The summed E-state index contributed by atoms with van der Waals surface area (Å²) < 4.78 is 11.1. The van der Waals surface area contributed by atoms with Crippen LogP contribution >= 0.6 is 0 Å². The molecule has 0 aliphatic rings. The molecule has 0 N–H and O–H groups in total. The molecule has 3 aromatic carbocycles. The monoisotopic (exact) mass is 344 g/mol. The molecule has 5 heteroatoms. The molecular formula is C21H16N2O3. The van der Waals surface area contributed by atoms with E-state index >= 15 is 0 Å². The predicted octanol–water partition coefficient (Wildman–Crippen LogP) is 4.81. The number of ether oxygens (including phenoxy) is 1. The van der Waals surface area contributed by atoms with Crippen LogP contribution in [-0.4, -0.2) is 16.2 Å². The van der Waals surface area contributed by atoms with Crippen molar-refractivity contribution in [2.45, 2.75) is 13.0 Å². The maximum atomic E-state index is 12.4. The van der Waals surface area contributed by atoms with Gasteiger partial charge in [-0.25, -0.2) is 4.79 Å². The van der Waals surface area contributed by atoms with Crippen LogP contribution in [0.25, 0.3) is 22.2 Å². The van der Waals surface area contributed by atoms with Crippen molar-refractivity contribution in [1.82, 2.24) is 10.2 Å². The summed E-state index contributed by atoms with van der Waals surface area (Å²) in [6.45, 7) is 1.71. The summed E-state index contributed by atoms with van der Waals surface area (Å²) in [6, 6.07) is 22.8. The van der Waals surface area contributed by atoms with E-state index in [0.29, 0.717) is 11.5 Å². The van der Waals surface area contributed by atoms with Gasteiger partial charge < -0.3 is 9.15 Å². The molecule has 0 bridgehead atoms. The van der Waals surface area contributed by atoms with Crippen molar-refractivity contribution >= 4 is 16.7 Å².